The van der Waals surface area contributed by atoms with Crippen LogP contribution in [0.5, 0.6) is 0 Å². The van der Waals surface area contributed by atoms with Crippen molar-refractivity contribution < 1.29 is 23.2 Å². The second-order valence-corrected chi connectivity index (χ2v) is 7.74. The molecule has 0 aliphatic carbocycles. The zero-order valence-corrected chi connectivity index (χ0v) is 17.4. The lowest BCUT2D eigenvalue weighted by atomic mass is 10.1. The van der Waals surface area contributed by atoms with Gasteiger partial charge >= 0.3 is 0 Å². The van der Waals surface area contributed by atoms with Crippen molar-refractivity contribution in [2.45, 2.75) is 19.0 Å². The average Bonchev–Trinajstić information content (AvgIpc) is 3.07. The number of hydrogen-bond donors (Lipinski definition) is 0. The van der Waals surface area contributed by atoms with Crippen LogP contribution < -0.4 is 4.90 Å². The van der Waals surface area contributed by atoms with Crippen LogP contribution in [-0.2, 0) is 16.1 Å². The quantitative estimate of drug-likeness (QED) is 0.530. The molecule has 1 aliphatic heterocycles. The Morgan fingerprint density at radius 3 is 2.28 bits per heavy atom. The highest BCUT2D eigenvalue weighted by molar-refractivity contribution is 6.31. The highest BCUT2D eigenvalue weighted by atomic mass is 35.5. The van der Waals surface area contributed by atoms with Gasteiger partial charge in [-0.1, -0.05) is 35.9 Å². The van der Waals surface area contributed by atoms with E-state index in [9.17, 15) is 23.2 Å². The van der Waals surface area contributed by atoms with E-state index >= 15 is 0 Å². The molecule has 3 aromatic rings. The maximum Gasteiger partial charge on any atom is 0.257 e. The first kappa shape index (κ1) is 21.6. The number of amides is 3. The van der Waals surface area contributed by atoms with Gasteiger partial charge in [0.2, 0.25) is 5.91 Å². The summed E-state index contributed by atoms with van der Waals surface area (Å²) in [6, 6.07) is 15.8. The van der Waals surface area contributed by atoms with Gasteiger partial charge in [0.15, 0.2) is 0 Å². The summed E-state index contributed by atoms with van der Waals surface area (Å²) in [7, 11) is 0. The van der Waals surface area contributed by atoms with Crippen molar-refractivity contribution in [3.63, 3.8) is 0 Å². The Bertz CT molecular complexity index is 1180. The normalized spacial score (nSPS) is 15.8. The fraction of sp³-hybridized carbons (Fsp3) is 0.125. The van der Waals surface area contributed by atoms with Crippen molar-refractivity contribution in [2.75, 3.05) is 4.90 Å². The van der Waals surface area contributed by atoms with Gasteiger partial charge in [-0.3, -0.25) is 14.4 Å². The Morgan fingerprint density at radius 2 is 1.62 bits per heavy atom. The topological polar surface area (TPSA) is 57.7 Å². The van der Waals surface area contributed by atoms with Gasteiger partial charge in [-0.05, 0) is 54.1 Å². The number of rotatable bonds is 5. The van der Waals surface area contributed by atoms with Gasteiger partial charge in [0.05, 0.1) is 17.7 Å². The second kappa shape index (κ2) is 8.88. The smallest absolute Gasteiger partial charge is 0.257 e. The molecule has 3 amide bonds. The van der Waals surface area contributed by atoms with Crippen LogP contribution in [0.1, 0.15) is 22.3 Å². The summed E-state index contributed by atoms with van der Waals surface area (Å²) in [6.07, 6.45) is -0.261. The minimum Gasteiger partial charge on any atom is -0.322 e. The van der Waals surface area contributed by atoms with Crippen molar-refractivity contribution in [3.8, 4) is 0 Å². The molecule has 5 nitrogen and oxygen atoms in total. The van der Waals surface area contributed by atoms with E-state index in [1.807, 2.05) is 0 Å². The summed E-state index contributed by atoms with van der Waals surface area (Å²) in [4.78, 5) is 41.4. The van der Waals surface area contributed by atoms with Crippen LogP contribution in [-0.4, -0.2) is 28.7 Å². The molecule has 0 spiro atoms. The molecule has 0 N–H and O–H groups in total. The third-order valence-corrected chi connectivity index (χ3v) is 5.47. The summed E-state index contributed by atoms with van der Waals surface area (Å²) >= 11 is 5.89. The predicted octanol–water partition coefficient (Wildman–Crippen LogP) is 4.59. The fourth-order valence-corrected chi connectivity index (χ4v) is 3.75. The number of carbonyl (C=O) groups excluding carboxylic acids is 3. The van der Waals surface area contributed by atoms with Crippen LogP contribution in [0.25, 0.3) is 0 Å². The Balaban J connectivity index is 1.70. The molecule has 0 saturated carbocycles. The molecule has 1 aliphatic rings. The predicted molar refractivity (Wildman–Crippen MR) is 115 cm³/mol. The van der Waals surface area contributed by atoms with Gasteiger partial charge in [-0.25, -0.2) is 13.7 Å². The van der Waals surface area contributed by atoms with Crippen molar-refractivity contribution in [1.29, 1.82) is 0 Å². The molecule has 162 valence electrons. The molecule has 0 radical (unpaired) electrons. The highest BCUT2D eigenvalue weighted by Gasteiger charge is 2.44. The summed E-state index contributed by atoms with van der Waals surface area (Å²) < 4.78 is 27.7. The van der Waals surface area contributed by atoms with Gasteiger partial charge in [0.1, 0.15) is 17.7 Å². The molecule has 1 heterocycles. The van der Waals surface area contributed by atoms with Gasteiger partial charge in [0.25, 0.3) is 11.8 Å². The standard InChI is InChI=1S/C24H17ClF2N2O3/c25-16-7-11-18(12-8-16)29-22(30)13-21(24(29)32)28(14-15-5-9-17(26)10-6-15)23(31)19-3-1-2-4-20(19)27/h1-12,21H,13-14H2. The Kier molecular flexibility index (Phi) is 6.01. The van der Waals surface area contributed by atoms with E-state index in [1.54, 1.807) is 12.1 Å². The highest BCUT2D eigenvalue weighted by Crippen LogP contribution is 2.29. The molecule has 1 atom stereocenters. The molecule has 8 heteroatoms. The molecule has 4 rings (SSSR count). The van der Waals surface area contributed by atoms with Crippen LogP contribution in [0.15, 0.2) is 72.8 Å². The maximum atomic E-state index is 14.4. The van der Waals surface area contributed by atoms with Crippen LogP contribution in [0, 0.1) is 11.6 Å². The lowest BCUT2D eigenvalue weighted by Crippen LogP contribution is -2.45. The number of anilines is 1. The van der Waals surface area contributed by atoms with E-state index in [0.717, 1.165) is 15.9 Å². The molecular formula is C24H17ClF2N2O3. The Hall–Kier alpha value is -3.58. The van der Waals surface area contributed by atoms with Crippen molar-refractivity contribution in [2.24, 2.45) is 0 Å². The van der Waals surface area contributed by atoms with Crippen LogP contribution >= 0.6 is 11.6 Å². The number of nitrogens with zero attached hydrogens (tertiary/aromatic N) is 2. The summed E-state index contributed by atoms with van der Waals surface area (Å²) in [5, 5.41) is 0.442. The van der Waals surface area contributed by atoms with Crippen LogP contribution in [0.2, 0.25) is 5.02 Å². The number of imide groups is 1. The van der Waals surface area contributed by atoms with E-state index in [0.29, 0.717) is 16.3 Å². The van der Waals surface area contributed by atoms with E-state index in [4.69, 9.17) is 11.6 Å². The first-order chi connectivity index (χ1) is 15.3. The third-order valence-electron chi connectivity index (χ3n) is 5.22. The van der Waals surface area contributed by atoms with E-state index in [1.165, 1.54) is 54.6 Å². The van der Waals surface area contributed by atoms with Crippen LogP contribution in [0.3, 0.4) is 0 Å². The lowest BCUT2D eigenvalue weighted by Gasteiger charge is -2.28. The Morgan fingerprint density at radius 1 is 0.969 bits per heavy atom. The van der Waals surface area contributed by atoms with Gasteiger partial charge in [-0.2, -0.15) is 0 Å². The van der Waals surface area contributed by atoms with E-state index in [2.05, 4.69) is 0 Å². The van der Waals surface area contributed by atoms with Gasteiger partial charge in [-0.15, -0.1) is 0 Å². The zero-order valence-electron chi connectivity index (χ0n) is 16.7. The minimum absolute atomic E-state index is 0.106. The number of hydrogen-bond acceptors (Lipinski definition) is 3. The largest absolute Gasteiger partial charge is 0.322 e. The molecule has 3 aromatic carbocycles. The molecule has 32 heavy (non-hydrogen) atoms. The summed E-state index contributed by atoms with van der Waals surface area (Å²) in [6.45, 7) is -0.106. The average molecular weight is 455 g/mol. The minimum atomic E-state index is -1.14. The van der Waals surface area contributed by atoms with Crippen molar-refractivity contribution in [3.05, 3.63) is 101 Å². The van der Waals surface area contributed by atoms with Crippen LogP contribution in [0.4, 0.5) is 14.5 Å². The summed E-state index contributed by atoms with van der Waals surface area (Å²) in [5.41, 5.74) is 0.632. The molecule has 0 aromatic heterocycles. The zero-order chi connectivity index (χ0) is 22.8. The molecular weight excluding hydrogens is 438 g/mol. The first-order valence-electron chi connectivity index (χ1n) is 9.77. The Labute approximate surface area is 187 Å². The van der Waals surface area contributed by atoms with E-state index in [-0.39, 0.29) is 18.5 Å². The monoisotopic (exact) mass is 454 g/mol. The lowest BCUT2D eigenvalue weighted by molar-refractivity contribution is -0.122. The maximum absolute atomic E-state index is 14.4. The van der Waals surface area contributed by atoms with E-state index < -0.39 is 35.4 Å². The SMILES string of the molecule is O=C1CC(N(Cc2ccc(F)cc2)C(=O)c2ccccc2F)C(=O)N1c1ccc(Cl)cc1. The van der Waals surface area contributed by atoms with Gasteiger partial charge in [0, 0.05) is 11.6 Å². The van der Waals surface area contributed by atoms with Crippen molar-refractivity contribution in [1.82, 2.24) is 4.90 Å². The molecule has 1 fully saturated rings. The molecule has 0 bridgehead atoms. The van der Waals surface area contributed by atoms with Gasteiger partial charge < -0.3 is 4.90 Å². The number of carbonyl (C=O) groups is 3. The molecule has 1 unspecified atom stereocenters. The number of benzene rings is 3. The van der Waals surface area contributed by atoms with Crippen molar-refractivity contribution >= 4 is 35.0 Å². The molecule has 1 saturated heterocycles. The third kappa shape index (κ3) is 4.24. The summed E-state index contributed by atoms with van der Waals surface area (Å²) in [5.74, 6) is -3.04. The second-order valence-electron chi connectivity index (χ2n) is 7.30. The first-order valence-corrected chi connectivity index (χ1v) is 10.2. The fourth-order valence-electron chi connectivity index (χ4n) is 3.62. The number of halogens is 3.